The zero-order chi connectivity index (χ0) is 26.2. The third-order valence-corrected chi connectivity index (χ3v) is 7.10. The number of fused-ring (bicyclic) bond motifs is 2. The van der Waals surface area contributed by atoms with Crippen molar-refractivity contribution in [1.82, 2.24) is 5.06 Å². The molecule has 37 heavy (non-hydrogen) atoms. The first kappa shape index (κ1) is 24.7. The van der Waals surface area contributed by atoms with Crippen LogP contribution in [0.1, 0.15) is 48.9 Å². The Hall–Kier alpha value is -4.02. The van der Waals surface area contributed by atoms with E-state index in [2.05, 4.69) is 32.0 Å². The van der Waals surface area contributed by atoms with E-state index >= 15 is 0 Å². The molecule has 2 aliphatic heterocycles. The van der Waals surface area contributed by atoms with Gasteiger partial charge in [0.2, 0.25) is 11.7 Å². The van der Waals surface area contributed by atoms with E-state index in [-0.39, 0.29) is 0 Å². The molecule has 0 radical (unpaired) electrons. The van der Waals surface area contributed by atoms with Gasteiger partial charge >= 0.3 is 0 Å². The number of hydrogen-bond donors (Lipinski definition) is 1. The number of hydroxylamine groups is 2. The Labute approximate surface area is 218 Å². The first-order chi connectivity index (χ1) is 17.8. The van der Waals surface area contributed by atoms with Crippen LogP contribution >= 0.6 is 0 Å². The minimum Gasteiger partial charge on any atom is -0.497 e. The maximum Gasteiger partial charge on any atom is 0.222 e. The highest BCUT2D eigenvalue weighted by molar-refractivity contribution is 5.79. The third kappa shape index (κ3) is 4.61. The number of methoxy groups -OCH3 is 1. The minimum absolute atomic E-state index is 0.322. The van der Waals surface area contributed by atoms with E-state index in [0.717, 1.165) is 35.3 Å². The number of rotatable bonds is 6. The van der Waals surface area contributed by atoms with Crippen LogP contribution in [0.25, 0.3) is 11.1 Å². The molecule has 7 nitrogen and oxygen atoms in total. The topological polar surface area (TPSA) is 93.1 Å². The van der Waals surface area contributed by atoms with Crippen molar-refractivity contribution in [2.45, 2.75) is 50.9 Å². The lowest BCUT2D eigenvalue weighted by Gasteiger charge is -2.43. The summed E-state index contributed by atoms with van der Waals surface area (Å²) in [6.07, 6.45) is 3.16. The van der Waals surface area contributed by atoms with Gasteiger partial charge in [0.1, 0.15) is 17.1 Å². The van der Waals surface area contributed by atoms with E-state index in [1.54, 1.807) is 20.2 Å². The zero-order valence-corrected chi connectivity index (χ0v) is 21.7. The summed E-state index contributed by atoms with van der Waals surface area (Å²) >= 11 is 0. The summed E-state index contributed by atoms with van der Waals surface area (Å²) in [4.78, 5) is 11.2. The summed E-state index contributed by atoms with van der Waals surface area (Å²) < 4.78 is 12.2. The van der Waals surface area contributed by atoms with E-state index < -0.39 is 11.3 Å². The molecule has 0 aromatic heterocycles. The molecule has 0 unspecified atom stereocenters. The Bertz CT molecular complexity index is 1410. The molecule has 2 aliphatic rings. The number of aliphatic imine (C=N–C) groups is 1. The molecule has 1 spiro atoms. The molecular weight excluding hydrogens is 464 g/mol. The summed E-state index contributed by atoms with van der Waals surface area (Å²) in [5.74, 6) is 1.89. The summed E-state index contributed by atoms with van der Waals surface area (Å²) in [5, 5.41) is 10.9. The van der Waals surface area contributed by atoms with Gasteiger partial charge in [-0.3, -0.25) is 0 Å². The highest BCUT2D eigenvalue weighted by atomic mass is 16.7. The smallest absolute Gasteiger partial charge is 0.222 e. The molecular formula is C30H32N4O3. The lowest BCUT2D eigenvalue weighted by atomic mass is 9.80. The number of nitrogens with two attached hydrogens (primary N) is 1. The van der Waals surface area contributed by atoms with Crippen molar-refractivity contribution in [2.24, 2.45) is 10.7 Å². The van der Waals surface area contributed by atoms with Crippen LogP contribution in [0, 0.1) is 11.3 Å². The van der Waals surface area contributed by atoms with Gasteiger partial charge in [0.25, 0.3) is 0 Å². The van der Waals surface area contributed by atoms with Gasteiger partial charge in [-0.25, -0.2) is 14.9 Å². The van der Waals surface area contributed by atoms with Gasteiger partial charge in [0.15, 0.2) is 0 Å². The molecule has 5 rings (SSSR count). The van der Waals surface area contributed by atoms with Gasteiger partial charge in [-0.15, -0.1) is 0 Å². The molecule has 0 saturated carbocycles. The molecule has 0 fully saturated rings. The van der Waals surface area contributed by atoms with Crippen LogP contribution in [0.4, 0.5) is 0 Å². The normalized spacial score (nSPS) is 22.2. The van der Waals surface area contributed by atoms with E-state index in [0.29, 0.717) is 30.1 Å². The molecule has 0 aliphatic carbocycles. The molecule has 0 bridgehead atoms. The standard InChI is InChI=1S/C30H32N4O3/c1-5-7-21-15-25(35-4)12-10-24(21)17-29(2)19-30(33-28(32)34(3)37-30)26-16-23(11-13-27(26)36-29)22-9-6-8-20(14-22)18-31/h6,8-16H,5,7,17,19H2,1-4H3,(H2,32,33)/t29-,30-/m0/s1. The van der Waals surface area contributed by atoms with Crippen LogP contribution in [0.5, 0.6) is 11.5 Å². The Morgan fingerprint density at radius 1 is 1.11 bits per heavy atom. The van der Waals surface area contributed by atoms with E-state index in [1.807, 2.05) is 42.5 Å². The highest BCUT2D eigenvalue weighted by Crippen LogP contribution is 2.51. The second kappa shape index (κ2) is 9.45. The highest BCUT2D eigenvalue weighted by Gasteiger charge is 2.53. The van der Waals surface area contributed by atoms with Gasteiger partial charge in [-0.2, -0.15) is 5.26 Å². The first-order valence-corrected chi connectivity index (χ1v) is 12.6. The quantitative estimate of drug-likeness (QED) is 0.497. The number of ether oxygens (including phenoxy) is 2. The van der Waals surface area contributed by atoms with E-state index in [4.69, 9.17) is 25.0 Å². The molecule has 2 heterocycles. The summed E-state index contributed by atoms with van der Waals surface area (Å²) in [7, 11) is 3.46. The average molecular weight is 497 g/mol. The predicted octanol–water partition coefficient (Wildman–Crippen LogP) is 5.31. The predicted molar refractivity (Wildman–Crippen MR) is 143 cm³/mol. The second-order valence-corrected chi connectivity index (χ2v) is 10.0. The number of aryl methyl sites for hydroxylation is 1. The zero-order valence-electron chi connectivity index (χ0n) is 21.7. The fourth-order valence-corrected chi connectivity index (χ4v) is 5.41. The Kier molecular flexibility index (Phi) is 6.30. The SMILES string of the molecule is CCCc1cc(OC)ccc1C[C@@]1(C)C[C@@]2(N=C(N)N(C)O2)c2cc(-c3cccc(C#N)c3)ccc2O1. The third-order valence-electron chi connectivity index (χ3n) is 7.10. The lowest BCUT2D eigenvalue weighted by molar-refractivity contribution is -0.202. The molecule has 190 valence electrons. The number of benzene rings is 3. The number of nitriles is 1. The molecule has 3 aromatic carbocycles. The van der Waals surface area contributed by atoms with Crippen LogP contribution in [0.2, 0.25) is 0 Å². The molecule has 3 aromatic rings. The molecule has 0 amide bonds. The van der Waals surface area contributed by atoms with Gasteiger partial charge in [-0.1, -0.05) is 37.6 Å². The molecule has 2 N–H and O–H groups in total. The van der Waals surface area contributed by atoms with Crippen LogP contribution < -0.4 is 15.2 Å². The van der Waals surface area contributed by atoms with Crippen molar-refractivity contribution in [3.05, 3.63) is 82.9 Å². The van der Waals surface area contributed by atoms with Crippen LogP contribution in [-0.2, 0) is 23.4 Å². The van der Waals surface area contributed by atoms with Crippen LogP contribution in [-0.4, -0.2) is 30.8 Å². The van der Waals surface area contributed by atoms with Gasteiger partial charge in [0, 0.05) is 19.9 Å². The summed E-state index contributed by atoms with van der Waals surface area (Å²) in [5.41, 5.74) is 10.4. The molecule has 7 heteroatoms. The fraction of sp³-hybridized carbons (Fsp3) is 0.333. The largest absolute Gasteiger partial charge is 0.497 e. The van der Waals surface area contributed by atoms with Crippen molar-refractivity contribution < 1.29 is 14.3 Å². The van der Waals surface area contributed by atoms with Gasteiger partial charge in [-0.05, 0) is 72.0 Å². The van der Waals surface area contributed by atoms with Crippen molar-refractivity contribution in [2.75, 3.05) is 14.2 Å². The first-order valence-electron chi connectivity index (χ1n) is 12.6. The maximum atomic E-state index is 9.35. The number of hydrogen-bond acceptors (Lipinski definition) is 7. The monoisotopic (exact) mass is 496 g/mol. The van der Waals surface area contributed by atoms with Crippen molar-refractivity contribution >= 4 is 5.96 Å². The second-order valence-electron chi connectivity index (χ2n) is 10.0. The van der Waals surface area contributed by atoms with Crippen LogP contribution in [0.15, 0.2) is 65.7 Å². The minimum atomic E-state index is -1.01. The van der Waals surface area contributed by atoms with Crippen molar-refractivity contribution in [3.8, 4) is 28.7 Å². The Morgan fingerprint density at radius 2 is 1.92 bits per heavy atom. The van der Waals surface area contributed by atoms with Crippen molar-refractivity contribution in [3.63, 3.8) is 0 Å². The average Bonchev–Trinajstić information content (AvgIpc) is 3.17. The van der Waals surface area contributed by atoms with Gasteiger partial charge in [0.05, 0.1) is 24.3 Å². The van der Waals surface area contributed by atoms with E-state index in [9.17, 15) is 5.26 Å². The summed E-state index contributed by atoms with van der Waals surface area (Å²) in [6, 6.07) is 22.0. The maximum absolute atomic E-state index is 9.35. The lowest BCUT2D eigenvalue weighted by Crippen LogP contribution is -2.48. The fourth-order valence-electron chi connectivity index (χ4n) is 5.41. The summed E-state index contributed by atoms with van der Waals surface area (Å²) in [6.45, 7) is 4.28. The number of guanidine groups is 1. The molecule has 0 saturated heterocycles. The Morgan fingerprint density at radius 3 is 2.62 bits per heavy atom. The van der Waals surface area contributed by atoms with Crippen molar-refractivity contribution in [1.29, 1.82) is 5.26 Å². The van der Waals surface area contributed by atoms with Crippen LogP contribution in [0.3, 0.4) is 0 Å². The molecule has 2 atom stereocenters. The Balaban J connectivity index is 1.57. The van der Waals surface area contributed by atoms with E-state index in [1.165, 1.54) is 16.2 Å². The van der Waals surface area contributed by atoms with Gasteiger partial charge < -0.3 is 15.2 Å². The number of nitrogens with zero attached hydrogens (tertiary/aromatic N) is 3.